The van der Waals surface area contributed by atoms with Crippen LogP contribution in [0.15, 0.2) is 0 Å². The number of nitrogens with one attached hydrogen (secondary N) is 1. The molecule has 1 atom stereocenters. The monoisotopic (exact) mass is 269 g/mol. The maximum absolute atomic E-state index is 11.9. The Morgan fingerprint density at radius 3 is 2.94 bits per heavy atom. The number of halogens is 1. The van der Waals surface area contributed by atoms with Crippen molar-refractivity contribution >= 4 is 29.0 Å². The second-order valence-corrected chi connectivity index (χ2v) is 4.48. The first-order valence-electron chi connectivity index (χ1n) is 5.46. The quantitative estimate of drug-likeness (QED) is 0.767. The fourth-order valence-electron chi connectivity index (χ4n) is 1.89. The molecule has 2 rings (SSSR count). The average molecular weight is 270 g/mol. The standard InChI is InChI=1S/C11H12ClN3O3/c1-5-7-3-9(18)8(2-6(17)4-16)14-10(7)15-11(12)13-5/h8,16H,2-4H2,1H3,(H,13,14,15)/t8-/m0/s1. The van der Waals surface area contributed by atoms with E-state index in [0.29, 0.717) is 17.1 Å². The van der Waals surface area contributed by atoms with Crippen molar-refractivity contribution < 1.29 is 14.7 Å². The molecule has 6 nitrogen and oxygen atoms in total. The molecule has 0 aliphatic carbocycles. The number of aliphatic hydroxyl groups excluding tert-OH is 1. The van der Waals surface area contributed by atoms with Gasteiger partial charge >= 0.3 is 0 Å². The molecule has 0 saturated heterocycles. The lowest BCUT2D eigenvalue weighted by Gasteiger charge is -2.25. The van der Waals surface area contributed by atoms with E-state index in [4.69, 9.17) is 16.7 Å². The lowest BCUT2D eigenvalue weighted by atomic mass is 9.95. The van der Waals surface area contributed by atoms with Gasteiger partial charge < -0.3 is 10.4 Å². The number of aromatic nitrogens is 2. The van der Waals surface area contributed by atoms with Gasteiger partial charge in [-0.25, -0.2) is 9.97 Å². The predicted molar refractivity (Wildman–Crippen MR) is 64.6 cm³/mol. The Labute approximate surface area is 108 Å². The largest absolute Gasteiger partial charge is 0.389 e. The lowest BCUT2D eigenvalue weighted by Crippen LogP contribution is -2.38. The summed E-state index contributed by atoms with van der Waals surface area (Å²) in [4.78, 5) is 31.0. The van der Waals surface area contributed by atoms with Crippen LogP contribution < -0.4 is 5.32 Å². The third-order valence-electron chi connectivity index (χ3n) is 2.85. The van der Waals surface area contributed by atoms with Gasteiger partial charge in [0, 0.05) is 24.1 Å². The number of anilines is 1. The van der Waals surface area contributed by atoms with Gasteiger partial charge in [-0.3, -0.25) is 9.59 Å². The Balaban J connectivity index is 2.27. The van der Waals surface area contributed by atoms with Crippen LogP contribution in [0.5, 0.6) is 0 Å². The highest BCUT2D eigenvalue weighted by atomic mass is 35.5. The third kappa shape index (κ3) is 2.49. The van der Waals surface area contributed by atoms with Crippen molar-refractivity contribution in [3.63, 3.8) is 0 Å². The molecule has 2 N–H and O–H groups in total. The summed E-state index contributed by atoms with van der Waals surface area (Å²) in [6.45, 7) is 1.18. The zero-order chi connectivity index (χ0) is 13.3. The molecule has 0 aromatic carbocycles. The number of carbonyl (C=O) groups is 2. The first kappa shape index (κ1) is 12.9. The summed E-state index contributed by atoms with van der Waals surface area (Å²) in [5.41, 5.74) is 1.36. The van der Waals surface area contributed by atoms with Crippen LogP contribution in [0.4, 0.5) is 5.82 Å². The van der Waals surface area contributed by atoms with Crippen LogP contribution in [0.2, 0.25) is 5.28 Å². The molecule has 1 aliphatic rings. The van der Waals surface area contributed by atoms with Crippen molar-refractivity contribution in [3.05, 3.63) is 16.5 Å². The molecule has 18 heavy (non-hydrogen) atoms. The van der Waals surface area contributed by atoms with Crippen LogP contribution in [-0.4, -0.2) is 39.3 Å². The van der Waals surface area contributed by atoms with Crippen molar-refractivity contribution in [3.8, 4) is 0 Å². The minimum Gasteiger partial charge on any atom is -0.389 e. The molecule has 2 heterocycles. The lowest BCUT2D eigenvalue weighted by molar-refractivity contribution is -0.126. The van der Waals surface area contributed by atoms with Gasteiger partial charge in [0.2, 0.25) is 5.28 Å². The average Bonchev–Trinajstić information content (AvgIpc) is 2.31. The number of hydrogen-bond acceptors (Lipinski definition) is 6. The van der Waals surface area contributed by atoms with Gasteiger partial charge in [-0.15, -0.1) is 0 Å². The first-order chi connectivity index (χ1) is 8.51. The Kier molecular flexibility index (Phi) is 3.58. The van der Waals surface area contributed by atoms with E-state index in [0.717, 1.165) is 0 Å². The maximum atomic E-state index is 11.9. The summed E-state index contributed by atoms with van der Waals surface area (Å²) < 4.78 is 0. The van der Waals surface area contributed by atoms with E-state index in [-0.39, 0.29) is 29.7 Å². The summed E-state index contributed by atoms with van der Waals surface area (Å²) >= 11 is 5.74. The van der Waals surface area contributed by atoms with Gasteiger partial charge in [-0.1, -0.05) is 0 Å². The van der Waals surface area contributed by atoms with Gasteiger partial charge in [-0.05, 0) is 18.5 Å². The highest BCUT2D eigenvalue weighted by Gasteiger charge is 2.29. The minimum atomic E-state index is -0.650. The molecule has 0 radical (unpaired) electrons. The highest BCUT2D eigenvalue weighted by Crippen LogP contribution is 2.25. The molecule has 0 amide bonds. The summed E-state index contributed by atoms with van der Waals surface area (Å²) in [5, 5.41) is 11.7. The van der Waals surface area contributed by atoms with Crippen LogP contribution in [0.3, 0.4) is 0 Å². The van der Waals surface area contributed by atoms with Crippen molar-refractivity contribution in [2.24, 2.45) is 0 Å². The Bertz CT molecular complexity index is 519. The molecule has 1 aromatic rings. The molecular formula is C11H12ClN3O3. The normalized spacial score (nSPS) is 18.2. The van der Waals surface area contributed by atoms with Crippen LogP contribution in [0, 0.1) is 6.92 Å². The topological polar surface area (TPSA) is 92.2 Å². The number of carbonyl (C=O) groups excluding carboxylic acids is 2. The highest BCUT2D eigenvalue weighted by molar-refractivity contribution is 6.28. The molecule has 1 aromatic heterocycles. The second-order valence-electron chi connectivity index (χ2n) is 4.15. The molecule has 0 fully saturated rings. The van der Waals surface area contributed by atoms with Crippen LogP contribution in [-0.2, 0) is 16.0 Å². The summed E-state index contributed by atoms with van der Waals surface area (Å²) in [5.74, 6) is -0.0117. The van der Waals surface area contributed by atoms with E-state index in [1.54, 1.807) is 6.92 Å². The first-order valence-corrected chi connectivity index (χ1v) is 5.84. The summed E-state index contributed by atoms with van der Waals surface area (Å²) in [6.07, 6.45) is 0.129. The predicted octanol–water partition coefficient (Wildman–Crippen LogP) is 0.296. The van der Waals surface area contributed by atoms with Crippen LogP contribution in [0.25, 0.3) is 0 Å². The SMILES string of the molecule is Cc1nc(Cl)nc2c1CC(=O)[C@H](CC(=O)CO)N2. The summed E-state index contributed by atoms with van der Waals surface area (Å²) in [6, 6.07) is -0.650. The van der Waals surface area contributed by atoms with Crippen LogP contribution >= 0.6 is 11.6 Å². The zero-order valence-corrected chi connectivity index (χ0v) is 10.5. The van der Waals surface area contributed by atoms with Gasteiger partial charge in [0.1, 0.15) is 12.4 Å². The van der Waals surface area contributed by atoms with Gasteiger partial charge in [-0.2, -0.15) is 0 Å². The van der Waals surface area contributed by atoms with Gasteiger partial charge in [0.05, 0.1) is 6.04 Å². The van der Waals surface area contributed by atoms with E-state index < -0.39 is 12.6 Å². The van der Waals surface area contributed by atoms with Gasteiger partial charge in [0.25, 0.3) is 0 Å². The fourth-order valence-corrected chi connectivity index (χ4v) is 2.10. The third-order valence-corrected chi connectivity index (χ3v) is 3.01. The molecule has 7 heteroatoms. The number of hydrogen-bond donors (Lipinski definition) is 2. The van der Waals surface area contributed by atoms with Crippen molar-refractivity contribution in [1.82, 2.24) is 9.97 Å². The van der Waals surface area contributed by atoms with Crippen molar-refractivity contribution in [2.75, 3.05) is 11.9 Å². The Morgan fingerprint density at radius 1 is 1.56 bits per heavy atom. The number of rotatable bonds is 3. The van der Waals surface area contributed by atoms with Crippen molar-refractivity contribution in [2.45, 2.75) is 25.8 Å². The Morgan fingerprint density at radius 2 is 2.28 bits per heavy atom. The number of Topliss-reactive ketones (excluding diaryl/α,β-unsaturated/α-hetero) is 2. The van der Waals surface area contributed by atoms with E-state index in [1.165, 1.54) is 0 Å². The Hall–Kier alpha value is -1.53. The molecule has 1 aliphatic heterocycles. The smallest absolute Gasteiger partial charge is 0.224 e. The van der Waals surface area contributed by atoms with Gasteiger partial charge in [0.15, 0.2) is 11.6 Å². The number of nitrogens with zero attached hydrogens (tertiary/aromatic N) is 2. The molecule has 0 saturated carbocycles. The maximum Gasteiger partial charge on any atom is 0.224 e. The second kappa shape index (κ2) is 4.99. The summed E-state index contributed by atoms with van der Waals surface area (Å²) in [7, 11) is 0. The molecule has 0 spiro atoms. The number of aryl methyl sites for hydroxylation is 1. The number of ketones is 2. The van der Waals surface area contributed by atoms with E-state index >= 15 is 0 Å². The van der Waals surface area contributed by atoms with Crippen LogP contribution in [0.1, 0.15) is 17.7 Å². The number of fused-ring (bicyclic) bond motifs is 1. The number of aliphatic hydroxyl groups is 1. The van der Waals surface area contributed by atoms with E-state index in [9.17, 15) is 9.59 Å². The molecule has 0 bridgehead atoms. The fraction of sp³-hybridized carbons (Fsp3) is 0.455. The van der Waals surface area contributed by atoms with E-state index in [1.807, 2.05) is 0 Å². The minimum absolute atomic E-state index is 0.0462. The van der Waals surface area contributed by atoms with Crippen molar-refractivity contribution in [1.29, 1.82) is 0 Å². The molecular weight excluding hydrogens is 258 g/mol. The molecule has 96 valence electrons. The van der Waals surface area contributed by atoms with E-state index in [2.05, 4.69) is 15.3 Å². The zero-order valence-electron chi connectivity index (χ0n) is 9.73. The molecule has 0 unspecified atom stereocenters.